The summed E-state index contributed by atoms with van der Waals surface area (Å²) in [6.07, 6.45) is 1.82. The maximum absolute atomic E-state index is 12.9. The van der Waals surface area contributed by atoms with Crippen LogP contribution in [0.25, 0.3) is 0 Å². The summed E-state index contributed by atoms with van der Waals surface area (Å²) < 4.78 is 16.0. The van der Waals surface area contributed by atoms with Crippen molar-refractivity contribution in [3.05, 3.63) is 0 Å². The molecule has 0 radical (unpaired) electrons. The SMILES string of the molecule is CCOC(=O)CC1CCC(N(C(=O)OC(C)(C)C)C(C)NC(=O)OC(C)(C)C)CC1. The molecule has 0 saturated heterocycles. The Labute approximate surface area is 181 Å². The summed E-state index contributed by atoms with van der Waals surface area (Å²) in [5, 5.41) is 2.75. The average Bonchev–Trinajstić information content (AvgIpc) is 2.53. The second-order valence-electron chi connectivity index (χ2n) is 9.89. The van der Waals surface area contributed by atoms with E-state index in [1.807, 2.05) is 20.8 Å². The van der Waals surface area contributed by atoms with Crippen LogP contribution < -0.4 is 5.32 Å². The lowest BCUT2D eigenvalue weighted by atomic mass is 9.83. The number of carbonyl (C=O) groups is 3. The molecule has 1 rings (SSSR count). The first-order valence-corrected chi connectivity index (χ1v) is 10.9. The molecule has 174 valence electrons. The molecular formula is C22H40N2O6. The number of amides is 2. The molecule has 0 spiro atoms. The Morgan fingerprint density at radius 2 is 1.50 bits per heavy atom. The van der Waals surface area contributed by atoms with Crippen molar-refractivity contribution in [2.45, 2.75) is 111 Å². The molecule has 0 heterocycles. The Hall–Kier alpha value is -1.99. The number of hydrogen-bond donors (Lipinski definition) is 1. The number of carbonyl (C=O) groups excluding carboxylic acids is 3. The van der Waals surface area contributed by atoms with E-state index in [1.54, 1.807) is 39.5 Å². The van der Waals surface area contributed by atoms with Gasteiger partial charge in [0.25, 0.3) is 0 Å². The van der Waals surface area contributed by atoms with Crippen LogP contribution in [0, 0.1) is 5.92 Å². The summed E-state index contributed by atoms with van der Waals surface area (Å²) in [5.74, 6) is 0.0693. The van der Waals surface area contributed by atoms with E-state index >= 15 is 0 Å². The predicted molar refractivity (Wildman–Crippen MR) is 114 cm³/mol. The molecular weight excluding hydrogens is 388 g/mol. The average molecular weight is 429 g/mol. The van der Waals surface area contributed by atoms with Gasteiger partial charge in [-0.2, -0.15) is 0 Å². The second-order valence-corrected chi connectivity index (χ2v) is 9.89. The fourth-order valence-electron chi connectivity index (χ4n) is 3.57. The van der Waals surface area contributed by atoms with E-state index in [0.717, 1.165) is 25.7 Å². The first-order valence-electron chi connectivity index (χ1n) is 10.9. The minimum atomic E-state index is -0.651. The first kappa shape index (κ1) is 26.0. The molecule has 1 fully saturated rings. The van der Waals surface area contributed by atoms with Crippen molar-refractivity contribution in [1.82, 2.24) is 10.2 Å². The summed E-state index contributed by atoms with van der Waals surface area (Å²) in [7, 11) is 0. The van der Waals surface area contributed by atoms with Crippen molar-refractivity contribution >= 4 is 18.2 Å². The number of nitrogens with zero attached hydrogens (tertiary/aromatic N) is 1. The summed E-state index contributed by atoms with van der Waals surface area (Å²) in [5.41, 5.74) is -1.28. The largest absolute Gasteiger partial charge is 0.466 e. The van der Waals surface area contributed by atoms with E-state index in [9.17, 15) is 14.4 Å². The number of hydrogen-bond acceptors (Lipinski definition) is 6. The molecule has 1 N–H and O–H groups in total. The number of esters is 1. The van der Waals surface area contributed by atoms with E-state index in [1.165, 1.54) is 0 Å². The van der Waals surface area contributed by atoms with Crippen LogP contribution >= 0.6 is 0 Å². The Morgan fingerprint density at radius 3 is 1.97 bits per heavy atom. The highest BCUT2D eigenvalue weighted by Crippen LogP contribution is 2.31. The zero-order valence-electron chi connectivity index (χ0n) is 19.9. The van der Waals surface area contributed by atoms with E-state index in [4.69, 9.17) is 14.2 Å². The van der Waals surface area contributed by atoms with Crippen LogP contribution in [0.3, 0.4) is 0 Å². The van der Waals surface area contributed by atoms with Gasteiger partial charge in [-0.15, -0.1) is 0 Å². The minimum absolute atomic E-state index is 0.0942. The summed E-state index contributed by atoms with van der Waals surface area (Å²) in [6.45, 7) is 14.7. The lowest BCUT2D eigenvalue weighted by Crippen LogP contribution is -2.56. The van der Waals surface area contributed by atoms with Gasteiger partial charge in [0, 0.05) is 12.5 Å². The van der Waals surface area contributed by atoms with Crippen LogP contribution in [-0.4, -0.2) is 53.1 Å². The lowest BCUT2D eigenvalue weighted by molar-refractivity contribution is -0.144. The molecule has 30 heavy (non-hydrogen) atoms. The fourth-order valence-corrected chi connectivity index (χ4v) is 3.57. The predicted octanol–water partition coefficient (Wildman–Crippen LogP) is 4.61. The van der Waals surface area contributed by atoms with Crippen molar-refractivity contribution in [1.29, 1.82) is 0 Å². The van der Waals surface area contributed by atoms with Crippen molar-refractivity contribution < 1.29 is 28.6 Å². The molecule has 8 heteroatoms. The number of nitrogens with one attached hydrogen (secondary N) is 1. The standard InChI is InChI=1S/C22H40N2O6/c1-9-28-18(25)14-16-10-12-17(13-11-16)24(20(27)30-22(6,7)8)15(2)23-19(26)29-21(3,4)5/h15-17H,9-14H2,1-8H3,(H,23,26). The minimum Gasteiger partial charge on any atom is -0.466 e. The van der Waals surface area contributed by atoms with Crippen LogP contribution in [0.5, 0.6) is 0 Å². The van der Waals surface area contributed by atoms with Gasteiger partial charge in [0.05, 0.1) is 6.61 Å². The van der Waals surface area contributed by atoms with E-state index in [0.29, 0.717) is 13.0 Å². The van der Waals surface area contributed by atoms with Crippen LogP contribution in [-0.2, 0) is 19.0 Å². The second kappa shape index (κ2) is 10.9. The first-order chi connectivity index (χ1) is 13.7. The van der Waals surface area contributed by atoms with Gasteiger partial charge in [0.1, 0.15) is 17.4 Å². The van der Waals surface area contributed by atoms with Gasteiger partial charge >= 0.3 is 18.2 Å². The van der Waals surface area contributed by atoms with Gasteiger partial charge in [0.2, 0.25) is 0 Å². The molecule has 1 unspecified atom stereocenters. The topological polar surface area (TPSA) is 94.2 Å². The fraction of sp³-hybridized carbons (Fsp3) is 0.864. The Kier molecular flexibility index (Phi) is 9.43. The van der Waals surface area contributed by atoms with E-state index < -0.39 is 29.6 Å². The Bertz CT molecular complexity index is 585. The van der Waals surface area contributed by atoms with Gasteiger partial charge in [0.15, 0.2) is 0 Å². The van der Waals surface area contributed by atoms with E-state index in [-0.39, 0.29) is 17.9 Å². The highest BCUT2D eigenvalue weighted by atomic mass is 16.6. The third-order valence-electron chi connectivity index (χ3n) is 4.72. The molecule has 1 saturated carbocycles. The molecule has 0 aromatic heterocycles. The van der Waals surface area contributed by atoms with Crippen molar-refractivity contribution in [2.24, 2.45) is 5.92 Å². The lowest BCUT2D eigenvalue weighted by Gasteiger charge is -2.40. The van der Waals surface area contributed by atoms with Crippen LogP contribution in [0.1, 0.15) is 87.5 Å². The molecule has 1 aliphatic rings. The molecule has 0 bridgehead atoms. The molecule has 8 nitrogen and oxygen atoms in total. The zero-order valence-corrected chi connectivity index (χ0v) is 19.9. The summed E-state index contributed by atoms with van der Waals surface area (Å²) >= 11 is 0. The smallest absolute Gasteiger partial charge is 0.412 e. The number of ether oxygens (including phenoxy) is 3. The van der Waals surface area contributed by atoms with Gasteiger partial charge in [-0.25, -0.2) is 9.59 Å². The summed E-state index contributed by atoms with van der Waals surface area (Å²) in [4.78, 5) is 38.5. The van der Waals surface area contributed by atoms with E-state index in [2.05, 4.69) is 5.32 Å². The third-order valence-corrected chi connectivity index (χ3v) is 4.72. The number of alkyl carbamates (subject to hydrolysis) is 1. The maximum atomic E-state index is 12.9. The van der Waals surface area contributed by atoms with Crippen LogP contribution in [0.15, 0.2) is 0 Å². The van der Waals surface area contributed by atoms with Crippen molar-refractivity contribution in [2.75, 3.05) is 6.61 Å². The Balaban J connectivity index is 2.83. The zero-order chi connectivity index (χ0) is 23.1. The highest BCUT2D eigenvalue weighted by molar-refractivity contribution is 5.72. The molecule has 2 amide bonds. The number of rotatable bonds is 6. The highest BCUT2D eigenvalue weighted by Gasteiger charge is 2.36. The van der Waals surface area contributed by atoms with Crippen molar-refractivity contribution in [3.8, 4) is 0 Å². The quantitative estimate of drug-likeness (QED) is 0.377. The monoisotopic (exact) mass is 428 g/mol. The maximum Gasteiger partial charge on any atom is 0.412 e. The summed E-state index contributed by atoms with van der Waals surface area (Å²) in [6, 6.07) is -0.0942. The molecule has 0 aromatic carbocycles. The normalized spacial score (nSPS) is 20.7. The molecule has 0 aromatic rings. The third kappa shape index (κ3) is 9.67. The molecule has 1 atom stereocenters. The van der Waals surface area contributed by atoms with Gasteiger partial charge in [-0.1, -0.05) is 0 Å². The van der Waals surface area contributed by atoms with Gasteiger partial charge in [-0.3, -0.25) is 9.69 Å². The van der Waals surface area contributed by atoms with Crippen molar-refractivity contribution in [3.63, 3.8) is 0 Å². The van der Waals surface area contributed by atoms with Gasteiger partial charge < -0.3 is 19.5 Å². The van der Waals surface area contributed by atoms with Crippen LogP contribution in [0.2, 0.25) is 0 Å². The van der Waals surface area contributed by atoms with Gasteiger partial charge in [-0.05, 0) is 87.0 Å². The Morgan fingerprint density at radius 1 is 0.967 bits per heavy atom. The molecule has 0 aliphatic heterocycles. The molecule has 1 aliphatic carbocycles. The van der Waals surface area contributed by atoms with Crippen LogP contribution in [0.4, 0.5) is 9.59 Å².